The van der Waals surface area contributed by atoms with Crippen molar-refractivity contribution in [3.05, 3.63) is 71.1 Å². The molecule has 0 aliphatic rings. The summed E-state index contributed by atoms with van der Waals surface area (Å²) in [5.41, 5.74) is 2.64. The molecule has 20 heavy (non-hydrogen) atoms. The molecule has 0 amide bonds. The molecule has 3 aromatic rings. The molecule has 0 aliphatic carbocycles. The van der Waals surface area contributed by atoms with E-state index in [4.69, 9.17) is 11.6 Å². The van der Waals surface area contributed by atoms with E-state index in [9.17, 15) is 4.39 Å². The number of rotatable bonds is 3. The smallest absolute Gasteiger partial charge is 0.125 e. The lowest BCUT2D eigenvalue weighted by Crippen LogP contribution is -2.00. The fourth-order valence-electron chi connectivity index (χ4n) is 2.08. The lowest BCUT2D eigenvalue weighted by atomic mass is 10.2. The number of benzene rings is 2. The highest BCUT2D eigenvalue weighted by molar-refractivity contribution is 6.30. The number of pyridine rings is 1. The second kappa shape index (κ2) is 5.47. The van der Waals surface area contributed by atoms with Crippen LogP contribution in [0.2, 0.25) is 5.02 Å². The molecule has 0 spiro atoms. The normalized spacial score (nSPS) is 10.7. The molecule has 0 unspecified atom stereocenters. The van der Waals surface area contributed by atoms with Gasteiger partial charge in [-0.3, -0.25) is 4.98 Å². The zero-order valence-corrected chi connectivity index (χ0v) is 11.4. The molecular weight excluding hydrogens is 275 g/mol. The first-order chi connectivity index (χ1) is 9.70. The molecule has 0 saturated carbocycles. The van der Waals surface area contributed by atoms with Crippen LogP contribution in [-0.2, 0) is 6.54 Å². The van der Waals surface area contributed by atoms with Crippen LogP contribution in [0.4, 0.5) is 10.1 Å². The number of anilines is 1. The lowest BCUT2D eigenvalue weighted by molar-refractivity contribution is 0.626. The second-order valence-electron chi connectivity index (χ2n) is 4.55. The molecule has 2 nitrogen and oxygen atoms in total. The SMILES string of the molecule is Fc1cc(Cl)cc(CNc2cnc3ccccc3c2)c1. The van der Waals surface area contributed by atoms with Gasteiger partial charge in [-0.25, -0.2) is 4.39 Å². The number of fused-ring (bicyclic) bond motifs is 1. The summed E-state index contributed by atoms with van der Waals surface area (Å²) in [4.78, 5) is 4.37. The Morgan fingerprint density at radius 2 is 1.95 bits per heavy atom. The fourth-order valence-corrected chi connectivity index (χ4v) is 2.33. The minimum Gasteiger partial charge on any atom is -0.380 e. The van der Waals surface area contributed by atoms with Gasteiger partial charge in [0.25, 0.3) is 0 Å². The highest BCUT2D eigenvalue weighted by Gasteiger charge is 2.01. The van der Waals surface area contributed by atoms with E-state index in [0.29, 0.717) is 11.6 Å². The van der Waals surface area contributed by atoms with Gasteiger partial charge in [0, 0.05) is 17.0 Å². The van der Waals surface area contributed by atoms with E-state index in [0.717, 1.165) is 22.2 Å². The molecule has 0 radical (unpaired) electrons. The van der Waals surface area contributed by atoms with E-state index in [1.165, 1.54) is 12.1 Å². The van der Waals surface area contributed by atoms with Crippen LogP contribution in [0.3, 0.4) is 0 Å². The van der Waals surface area contributed by atoms with Gasteiger partial charge in [0.2, 0.25) is 0 Å². The molecule has 0 saturated heterocycles. The average molecular weight is 287 g/mol. The monoisotopic (exact) mass is 286 g/mol. The summed E-state index contributed by atoms with van der Waals surface area (Å²) >= 11 is 5.83. The van der Waals surface area contributed by atoms with Gasteiger partial charge >= 0.3 is 0 Å². The standard InChI is InChI=1S/C16H12ClFN2/c17-13-5-11(6-14(18)8-13)9-19-15-7-12-3-1-2-4-16(12)20-10-15/h1-8,10,19H,9H2. The van der Waals surface area contributed by atoms with Crippen LogP contribution in [0.25, 0.3) is 10.9 Å². The number of halogens is 2. The van der Waals surface area contributed by atoms with Gasteiger partial charge in [0.05, 0.1) is 17.4 Å². The third kappa shape index (κ3) is 2.89. The average Bonchev–Trinajstić information content (AvgIpc) is 2.44. The Hall–Kier alpha value is -2.13. The van der Waals surface area contributed by atoms with E-state index in [2.05, 4.69) is 10.3 Å². The van der Waals surface area contributed by atoms with Crippen LogP contribution < -0.4 is 5.32 Å². The topological polar surface area (TPSA) is 24.9 Å². The van der Waals surface area contributed by atoms with Crippen LogP contribution in [0.5, 0.6) is 0 Å². The number of para-hydroxylation sites is 1. The first-order valence-electron chi connectivity index (χ1n) is 6.24. The molecule has 1 N–H and O–H groups in total. The maximum absolute atomic E-state index is 13.2. The summed E-state index contributed by atoms with van der Waals surface area (Å²) in [5.74, 6) is -0.328. The number of aromatic nitrogens is 1. The molecule has 100 valence electrons. The highest BCUT2D eigenvalue weighted by Crippen LogP contribution is 2.18. The van der Waals surface area contributed by atoms with Crippen molar-refractivity contribution >= 4 is 28.2 Å². The molecule has 0 atom stereocenters. The Bertz CT molecular complexity index is 738. The molecule has 2 aromatic carbocycles. The number of hydrogen-bond acceptors (Lipinski definition) is 2. The van der Waals surface area contributed by atoms with Crippen molar-refractivity contribution in [1.29, 1.82) is 0 Å². The van der Waals surface area contributed by atoms with Gasteiger partial charge in [-0.1, -0.05) is 29.8 Å². The maximum Gasteiger partial charge on any atom is 0.125 e. The van der Waals surface area contributed by atoms with E-state index < -0.39 is 0 Å². The molecule has 4 heteroatoms. The second-order valence-corrected chi connectivity index (χ2v) is 4.98. The van der Waals surface area contributed by atoms with E-state index >= 15 is 0 Å². The zero-order valence-electron chi connectivity index (χ0n) is 10.6. The Morgan fingerprint density at radius 3 is 2.80 bits per heavy atom. The van der Waals surface area contributed by atoms with Crippen molar-refractivity contribution in [1.82, 2.24) is 4.98 Å². The lowest BCUT2D eigenvalue weighted by Gasteiger charge is -2.08. The Kier molecular flexibility index (Phi) is 3.52. The van der Waals surface area contributed by atoms with Gasteiger partial charge < -0.3 is 5.32 Å². The third-order valence-electron chi connectivity index (χ3n) is 3.01. The summed E-state index contributed by atoms with van der Waals surface area (Å²) < 4.78 is 13.2. The summed E-state index contributed by atoms with van der Waals surface area (Å²) in [6.07, 6.45) is 1.77. The van der Waals surface area contributed by atoms with Gasteiger partial charge in [0.1, 0.15) is 5.82 Å². The predicted octanol–water partition coefficient (Wildman–Crippen LogP) is 4.64. The molecule has 1 heterocycles. The summed E-state index contributed by atoms with van der Waals surface area (Å²) in [6.45, 7) is 0.498. The third-order valence-corrected chi connectivity index (χ3v) is 3.23. The van der Waals surface area contributed by atoms with E-state index in [1.807, 2.05) is 30.3 Å². The van der Waals surface area contributed by atoms with Gasteiger partial charge in [-0.15, -0.1) is 0 Å². The Balaban J connectivity index is 1.79. The van der Waals surface area contributed by atoms with Crippen LogP contribution in [0.1, 0.15) is 5.56 Å². The summed E-state index contributed by atoms with van der Waals surface area (Å²) in [5, 5.41) is 4.69. The van der Waals surface area contributed by atoms with Crippen LogP contribution in [-0.4, -0.2) is 4.98 Å². The quantitative estimate of drug-likeness (QED) is 0.759. The summed E-state index contributed by atoms with van der Waals surface area (Å²) in [6, 6.07) is 14.4. The van der Waals surface area contributed by atoms with Gasteiger partial charge in [0.15, 0.2) is 0 Å². The fraction of sp³-hybridized carbons (Fsp3) is 0.0625. The Labute approximate surface area is 121 Å². The molecule has 0 bridgehead atoms. The van der Waals surface area contributed by atoms with Crippen molar-refractivity contribution in [2.75, 3.05) is 5.32 Å². The number of nitrogens with zero attached hydrogens (tertiary/aromatic N) is 1. The van der Waals surface area contributed by atoms with Crippen molar-refractivity contribution in [2.24, 2.45) is 0 Å². The van der Waals surface area contributed by atoms with Crippen LogP contribution in [0, 0.1) is 5.82 Å². The van der Waals surface area contributed by atoms with E-state index in [-0.39, 0.29) is 5.82 Å². The zero-order chi connectivity index (χ0) is 13.9. The molecular formula is C16H12ClFN2. The van der Waals surface area contributed by atoms with Crippen molar-refractivity contribution < 1.29 is 4.39 Å². The van der Waals surface area contributed by atoms with Crippen LogP contribution in [0.15, 0.2) is 54.7 Å². The first-order valence-corrected chi connectivity index (χ1v) is 6.62. The largest absolute Gasteiger partial charge is 0.380 e. The Morgan fingerprint density at radius 1 is 1.10 bits per heavy atom. The van der Waals surface area contributed by atoms with Gasteiger partial charge in [-0.2, -0.15) is 0 Å². The molecule has 1 aromatic heterocycles. The van der Waals surface area contributed by atoms with E-state index in [1.54, 1.807) is 12.3 Å². The predicted molar refractivity (Wildman–Crippen MR) is 80.5 cm³/mol. The number of hydrogen-bond donors (Lipinski definition) is 1. The summed E-state index contributed by atoms with van der Waals surface area (Å²) in [7, 11) is 0. The molecule has 3 rings (SSSR count). The maximum atomic E-state index is 13.2. The minimum absolute atomic E-state index is 0.328. The molecule has 0 aliphatic heterocycles. The highest BCUT2D eigenvalue weighted by atomic mass is 35.5. The first kappa shape index (κ1) is 12.9. The van der Waals surface area contributed by atoms with Crippen molar-refractivity contribution in [2.45, 2.75) is 6.54 Å². The number of nitrogens with one attached hydrogen (secondary N) is 1. The van der Waals surface area contributed by atoms with Crippen molar-refractivity contribution in [3.8, 4) is 0 Å². The van der Waals surface area contributed by atoms with Crippen molar-refractivity contribution in [3.63, 3.8) is 0 Å². The minimum atomic E-state index is -0.328. The molecule has 0 fully saturated rings. The van der Waals surface area contributed by atoms with Crippen LogP contribution >= 0.6 is 11.6 Å². The van der Waals surface area contributed by atoms with Gasteiger partial charge in [-0.05, 0) is 35.9 Å².